The summed E-state index contributed by atoms with van der Waals surface area (Å²) < 4.78 is 4.82. The van der Waals surface area contributed by atoms with Crippen LogP contribution in [0.25, 0.3) is 0 Å². The molecule has 0 saturated carbocycles. The summed E-state index contributed by atoms with van der Waals surface area (Å²) in [5, 5.41) is 11.4. The molecule has 86 valence electrons. The van der Waals surface area contributed by atoms with E-state index in [1.807, 2.05) is 0 Å². The lowest BCUT2D eigenvalue weighted by Gasteiger charge is -2.14. The molecule has 0 heterocycles. The van der Waals surface area contributed by atoms with E-state index in [0.29, 0.717) is 0 Å². The topological polar surface area (TPSA) is 76.0 Å². The second-order valence-corrected chi connectivity index (χ2v) is 10.1. The molecule has 0 bridgehead atoms. The number of carbonyl (C=O) groups is 1. The lowest BCUT2D eigenvalue weighted by molar-refractivity contribution is -0.138. The highest BCUT2D eigenvalue weighted by Gasteiger charge is 2.18. The Morgan fingerprint density at radius 2 is 1.93 bits per heavy atom. The molecule has 1 N–H and O–H groups in total. The smallest absolute Gasteiger partial charge is 0.364 e. The minimum atomic E-state index is -1.26. The second kappa shape index (κ2) is 5.65. The number of aliphatic hydroxyl groups excluding tert-OH is 1. The Morgan fingerprint density at radius 1 is 1.40 bits per heavy atom. The highest BCUT2D eigenvalue weighted by atomic mass is 28.3. The van der Waals surface area contributed by atoms with Gasteiger partial charge in [0.1, 0.15) is 5.76 Å². The van der Waals surface area contributed by atoms with Crippen LogP contribution in [0.4, 0.5) is 0 Å². The first-order chi connectivity index (χ1) is 6.78. The van der Waals surface area contributed by atoms with Crippen LogP contribution in [-0.4, -0.2) is 25.8 Å². The van der Waals surface area contributed by atoms with E-state index in [4.69, 9.17) is 9.84 Å². The van der Waals surface area contributed by atoms with E-state index in [1.165, 1.54) is 6.92 Å². The molecule has 5 nitrogen and oxygen atoms in total. The van der Waals surface area contributed by atoms with Crippen LogP contribution < -0.4 is 0 Å². The summed E-state index contributed by atoms with van der Waals surface area (Å²) >= 11 is 0. The van der Waals surface area contributed by atoms with Crippen LogP contribution in [0.1, 0.15) is 6.92 Å². The van der Waals surface area contributed by atoms with Crippen LogP contribution in [0, 0.1) is 4.91 Å². The van der Waals surface area contributed by atoms with Crippen molar-refractivity contribution in [2.24, 2.45) is 5.18 Å². The maximum atomic E-state index is 11.2. The summed E-state index contributed by atoms with van der Waals surface area (Å²) in [6, 6.07) is 0.815. The van der Waals surface area contributed by atoms with Gasteiger partial charge in [-0.1, -0.05) is 19.6 Å². The summed E-state index contributed by atoms with van der Waals surface area (Å²) in [4.78, 5) is 21.4. The number of nitrogens with zero attached hydrogens (tertiary/aromatic N) is 1. The zero-order valence-electron chi connectivity index (χ0n) is 9.53. The number of rotatable bonds is 5. The van der Waals surface area contributed by atoms with Crippen molar-refractivity contribution in [1.29, 1.82) is 0 Å². The van der Waals surface area contributed by atoms with Gasteiger partial charge in [0, 0.05) is 8.07 Å². The fourth-order valence-corrected chi connectivity index (χ4v) is 1.48. The van der Waals surface area contributed by atoms with Crippen molar-refractivity contribution in [2.45, 2.75) is 32.6 Å². The van der Waals surface area contributed by atoms with Crippen molar-refractivity contribution in [3.8, 4) is 0 Å². The van der Waals surface area contributed by atoms with Gasteiger partial charge in [-0.15, -0.1) is 4.91 Å². The third-order valence-corrected chi connectivity index (χ3v) is 3.42. The number of aliphatic hydroxyl groups is 1. The third-order valence-electron chi connectivity index (χ3n) is 1.71. The van der Waals surface area contributed by atoms with Gasteiger partial charge in [-0.2, -0.15) is 0 Å². The second-order valence-electron chi connectivity index (χ2n) is 4.47. The number of ether oxygens (including phenoxy) is 1. The molecule has 0 rings (SSSR count). The van der Waals surface area contributed by atoms with Crippen molar-refractivity contribution in [1.82, 2.24) is 0 Å². The fourth-order valence-electron chi connectivity index (χ4n) is 0.769. The van der Waals surface area contributed by atoms with Crippen molar-refractivity contribution in [3.63, 3.8) is 0 Å². The Kier molecular flexibility index (Phi) is 5.20. The first kappa shape index (κ1) is 13.8. The molecule has 0 spiro atoms. The van der Waals surface area contributed by atoms with E-state index in [-0.39, 0.29) is 6.61 Å². The summed E-state index contributed by atoms with van der Waals surface area (Å²) in [5.41, 5.74) is -0.550. The van der Waals surface area contributed by atoms with E-state index in [1.54, 1.807) is 0 Å². The van der Waals surface area contributed by atoms with Gasteiger partial charge in [0.05, 0.1) is 6.61 Å². The number of allylic oxidation sites excluding steroid dienone is 1. The minimum Gasteiger partial charge on any atom is -0.510 e. The Bertz CT molecular complexity index is 276. The maximum Gasteiger partial charge on any atom is 0.364 e. The van der Waals surface area contributed by atoms with Crippen LogP contribution in [0.15, 0.2) is 16.6 Å². The van der Waals surface area contributed by atoms with E-state index in [9.17, 15) is 9.70 Å². The van der Waals surface area contributed by atoms with Gasteiger partial charge in [0.25, 0.3) is 0 Å². The summed E-state index contributed by atoms with van der Waals surface area (Å²) in [7, 11) is -1.26. The molecule has 0 radical (unpaired) electrons. The molecule has 0 aliphatic carbocycles. The number of nitroso groups, excluding NO2 is 1. The Balaban J connectivity index is 4.16. The number of hydrogen-bond donors (Lipinski definition) is 1. The van der Waals surface area contributed by atoms with Gasteiger partial charge in [0.2, 0.25) is 5.70 Å². The largest absolute Gasteiger partial charge is 0.510 e. The highest BCUT2D eigenvalue weighted by molar-refractivity contribution is 6.76. The molecular weight excluding hydrogens is 214 g/mol. The van der Waals surface area contributed by atoms with Gasteiger partial charge in [-0.05, 0) is 18.1 Å². The predicted octanol–water partition coefficient (Wildman–Crippen LogP) is 2.42. The van der Waals surface area contributed by atoms with Gasteiger partial charge in [0.15, 0.2) is 0 Å². The quantitative estimate of drug-likeness (QED) is 0.259. The van der Waals surface area contributed by atoms with Crippen molar-refractivity contribution >= 4 is 14.0 Å². The summed E-state index contributed by atoms with van der Waals surface area (Å²) in [6.07, 6.45) is 0. The molecular formula is C9H17NO4Si. The van der Waals surface area contributed by atoms with Crippen molar-refractivity contribution in [2.75, 3.05) is 6.61 Å². The predicted molar refractivity (Wildman–Crippen MR) is 60.2 cm³/mol. The molecule has 0 aliphatic rings. The average Bonchev–Trinajstić information content (AvgIpc) is 2.01. The molecule has 0 aromatic carbocycles. The molecule has 0 atom stereocenters. The SMILES string of the molecule is C/C(O)=C(/N=O)C(=O)OCC[Si](C)(C)C. The van der Waals surface area contributed by atoms with Gasteiger partial charge < -0.3 is 9.84 Å². The standard InChI is InChI=1S/C9H17NO4Si/c1-7(11)8(10-13)9(12)14-5-6-15(2,3)4/h11H,5-6H2,1-4H3/b8-7-. The van der Waals surface area contributed by atoms with Crippen molar-refractivity contribution in [3.05, 3.63) is 16.4 Å². The summed E-state index contributed by atoms with van der Waals surface area (Å²) in [6.45, 7) is 7.92. The molecule has 15 heavy (non-hydrogen) atoms. The fraction of sp³-hybridized carbons (Fsp3) is 0.667. The zero-order chi connectivity index (χ0) is 12.1. The van der Waals surface area contributed by atoms with Crippen LogP contribution in [0.2, 0.25) is 25.7 Å². The minimum absolute atomic E-state index is 0.265. The first-order valence-electron chi connectivity index (χ1n) is 4.68. The molecule has 0 fully saturated rings. The molecule has 6 heteroatoms. The molecule has 0 aromatic heterocycles. The third kappa shape index (κ3) is 6.00. The van der Waals surface area contributed by atoms with Gasteiger partial charge in [-0.25, -0.2) is 4.79 Å². The first-order valence-corrected chi connectivity index (χ1v) is 8.39. The number of hydrogen-bond acceptors (Lipinski definition) is 5. The molecule has 0 unspecified atom stereocenters. The van der Waals surface area contributed by atoms with Gasteiger partial charge in [-0.3, -0.25) is 0 Å². The Morgan fingerprint density at radius 3 is 2.27 bits per heavy atom. The van der Waals surface area contributed by atoms with E-state index < -0.39 is 25.5 Å². The lowest BCUT2D eigenvalue weighted by atomic mass is 10.4. The molecule has 0 aromatic rings. The maximum absolute atomic E-state index is 11.2. The van der Waals surface area contributed by atoms with Crippen LogP contribution in [0.5, 0.6) is 0 Å². The average molecular weight is 231 g/mol. The van der Waals surface area contributed by atoms with Gasteiger partial charge >= 0.3 is 5.97 Å². The monoisotopic (exact) mass is 231 g/mol. The highest BCUT2D eigenvalue weighted by Crippen LogP contribution is 2.10. The molecule has 0 aliphatic heterocycles. The normalized spacial score (nSPS) is 13.1. The van der Waals surface area contributed by atoms with Crippen LogP contribution in [-0.2, 0) is 9.53 Å². The van der Waals surface area contributed by atoms with Crippen molar-refractivity contribution < 1.29 is 14.6 Å². The lowest BCUT2D eigenvalue weighted by Crippen LogP contribution is -2.23. The Labute approximate surface area is 90.1 Å². The van der Waals surface area contributed by atoms with E-state index >= 15 is 0 Å². The molecule has 0 saturated heterocycles. The molecule has 0 amide bonds. The van der Waals surface area contributed by atoms with E-state index in [2.05, 4.69) is 24.8 Å². The Hall–Kier alpha value is -1.17. The summed E-state index contributed by atoms with van der Waals surface area (Å²) in [5.74, 6) is -1.27. The van der Waals surface area contributed by atoms with E-state index in [0.717, 1.165) is 6.04 Å². The zero-order valence-corrected chi connectivity index (χ0v) is 10.5. The van der Waals surface area contributed by atoms with Crippen LogP contribution >= 0.6 is 0 Å². The number of carbonyl (C=O) groups excluding carboxylic acids is 1. The number of esters is 1. The van der Waals surface area contributed by atoms with Crippen LogP contribution in [0.3, 0.4) is 0 Å².